The predicted molar refractivity (Wildman–Crippen MR) is 311 cm³/mol. The van der Waals surface area contributed by atoms with Crippen LogP contribution in [0, 0.1) is 0 Å². The summed E-state index contributed by atoms with van der Waals surface area (Å²) in [5.74, 6) is -6.39. The number of nitrogens with one attached hydrogen (secondary N) is 4. The number of rotatable bonds is 22. The fourth-order valence-electron chi connectivity index (χ4n) is 7.77. The Morgan fingerprint density at radius 3 is 1.37 bits per heavy atom. The third-order valence-corrected chi connectivity index (χ3v) is 21.1. The molecule has 86 heavy (non-hydrogen) atoms. The number of pyridine rings is 2. The molecular formula is C44H42N16O16P2S8. The van der Waals surface area contributed by atoms with Crippen LogP contribution in [0.3, 0.4) is 0 Å². The number of nitrogens with zero attached hydrogens (tertiary/aromatic N) is 12. The van der Waals surface area contributed by atoms with Gasteiger partial charge in [-0.15, -0.1) is 46.2 Å². The van der Waals surface area contributed by atoms with Gasteiger partial charge < -0.3 is 59.7 Å². The number of carboxylic acid groups (broad SMARTS) is 2. The smallest absolute Gasteiger partial charge is 0.429 e. The molecule has 10 heterocycles. The topological polar surface area (TPSA) is 446 Å². The molecule has 0 bridgehead atoms. The maximum atomic E-state index is 13.1. The number of amides is 4. The fourth-order valence-corrected chi connectivity index (χ4v) is 17.2. The van der Waals surface area contributed by atoms with Gasteiger partial charge in [0.05, 0.1) is 34.7 Å². The van der Waals surface area contributed by atoms with Gasteiger partial charge in [0.25, 0.3) is 23.6 Å². The minimum absolute atomic E-state index is 0.0774. The van der Waals surface area contributed by atoms with Crippen molar-refractivity contribution in [2.75, 3.05) is 34.9 Å². The van der Waals surface area contributed by atoms with Gasteiger partial charge in [-0.05, 0) is 13.8 Å². The molecule has 0 unspecified atom stereocenters. The minimum Gasteiger partial charge on any atom is -0.543 e. The molecule has 4 aliphatic rings. The Morgan fingerprint density at radius 2 is 1.03 bits per heavy atom. The van der Waals surface area contributed by atoms with Crippen LogP contribution in [0.1, 0.15) is 25.5 Å². The normalized spacial score (nSPS) is 18.7. The van der Waals surface area contributed by atoms with Crippen LogP contribution in [-0.4, -0.2) is 153 Å². The second-order valence-corrected chi connectivity index (χ2v) is 28.2. The monoisotopic (exact) mass is 1370 g/mol. The minimum atomic E-state index is -4.68. The van der Waals surface area contributed by atoms with Crippen LogP contribution in [0.25, 0.3) is 22.5 Å². The van der Waals surface area contributed by atoms with E-state index in [4.69, 9.17) is 29.2 Å². The summed E-state index contributed by atoms with van der Waals surface area (Å²) in [4.78, 5) is 143. The Labute approximate surface area is 517 Å². The van der Waals surface area contributed by atoms with Gasteiger partial charge in [0, 0.05) is 90.5 Å². The number of carboxylic acids is 2. The van der Waals surface area contributed by atoms with E-state index in [2.05, 4.69) is 49.6 Å². The Kier molecular flexibility index (Phi) is 20.1. The summed E-state index contributed by atoms with van der Waals surface area (Å²) in [6.45, 7) is 3.37. The van der Waals surface area contributed by atoms with Crippen molar-refractivity contribution in [1.29, 1.82) is 0 Å². The van der Waals surface area contributed by atoms with E-state index in [1.54, 1.807) is 13.8 Å². The molecule has 0 aliphatic carbocycles. The van der Waals surface area contributed by atoms with Gasteiger partial charge in [-0.2, -0.15) is 18.7 Å². The van der Waals surface area contributed by atoms with E-state index in [9.17, 15) is 48.1 Å². The predicted octanol–water partition coefficient (Wildman–Crippen LogP) is -0.230. The van der Waals surface area contributed by atoms with Gasteiger partial charge >= 0.3 is 15.5 Å². The average molecular weight is 1370 g/mol. The lowest BCUT2D eigenvalue weighted by atomic mass is 10.0. The molecule has 6 aromatic heterocycles. The molecule has 10 rings (SSSR count). The van der Waals surface area contributed by atoms with Crippen molar-refractivity contribution in [2.45, 2.75) is 45.4 Å². The number of carbonyl (C=O) groups excluding carboxylic acids is 6. The lowest BCUT2D eigenvalue weighted by molar-refractivity contribution is -0.671. The summed E-state index contributed by atoms with van der Waals surface area (Å²) in [5.41, 5.74) is 1.81. The van der Waals surface area contributed by atoms with Crippen LogP contribution in [0.2, 0.25) is 0 Å². The Hall–Kier alpha value is -6.78. The van der Waals surface area contributed by atoms with E-state index in [1.807, 2.05) is 93.2 Å². The van der Waals surface area contributed by atoms with Crippen LogP contribution < -0.4 is 40.2 Å². The zero-order valence-corrected chi connectivity index (χ0v) is 52.4. The van der Waals surface area contributed by atoms with Gasteiger partial charge in [0.15, 0.2) is 33.5 Å². The molecular weight excluding hydrogens is 1330 g/mol. The number of carbonyl (C=O) groups is 6. The van der Waals surface area contributed by atoms with E-state index >= 15 is 0 Å². The van der Waals surface area contributed by atoms with E-state index in [0.29, 0.717) is 41.6 Å². The lowest BCUT2D eigenvalue weighted by Gasteiger charge is -2.50. The number of thioether (sulfide) groups is 4. The van der Waals surface area contributed by atoms with Gasteiger partial charge in [0.2, 0.25) is 33.3 Å². The average Bonchev–Trinajstić information content (AvgIpc) is 0.851. The maximum absolute atomic E-state index is 13.1. The van der Waals surface area contributed by atoms with Crippen molar-refractivity contribution >= 4 is 166 Å². The maximum Gasteiger partial charge on any atom is 0.429 e. The number of hydrogen-bond acceptors (Lipinski definition) is 28. The van der Waals surface area contributed by atoms with Crippen molar-refractivity contribution in [3.05, 3.63) is 92.7 Å². The third-order valence-electron chi connectivity index (χ3n) is 11.5. The summed E-state index contributed by atoms with van der Waals surface area (Å²) in [6, 6.07) is 5.44. The molecule has 0 saturated carbocycles. The van der Waals surface area contributed by atoms with E-state index < -0.39 is 85.3 Å². The number of β-lactam (4-membered cyclic amide) rings is 2. The van der Waals surface area contributed by atoms with Crippen LogP contribution in [0.5, 0.6) is 0 Å². The van der Waals surface area contributed by atoms with Gasteiger partial charge in [-0.1, -0.05) is 33.8 Å². The fraction of sp³-hybridized carbons (Fsp3) is 0.273. The van der Waals surface area contributed by atoms with Gasteiger partial charge in [-0.3, -0.25) is 39.2 Å². The van der Waals surface area contributed by atoms with E-state index in [0.717, 1.165) is 55.8 Å². The van der Waals surface area contributed by atoms with Crippen molar-refractivity contribution in [2.24, 2.45) is 24.4 Å². The molecule has 4 amide bonds. The highest BCUT2D eigenvalue weighted by molar-refractivity contribution is 8.07. The van der Waals surface area contributed by atoms with Crippen molar-refractivity contribution in [1.82, 2.24) is 49.1 Å². The first-order valence-corrected chi connectivity index (χ1v) is 34.5. The number of anilines is 2. The van der Waals surface area contributed by atoms with Crippen molar-refractivity contribution in [3.8, 4) is 22.5 Å². The highest BCUT2D eigenvalue weighted by atomic mass is 32.2. The molecule has 0 aromatic carbocycles. The lowest BCUT2D eigenvalue weighted by Crippen LogP contribution is -2.71. The number of oxime groups is 2. The zero-order chi connectivity index (χ0) is 61.8. The molecule has 452 valence electrons. The third kappa shape index (κ3) is 15.0. The Bertz CT molecular complexity index is 3620. The van der Waals surface area contributed by atoms with E-state index in [-0.39, 0.29) is 58.0 Å². The molecule has 4 atom stereocenters. The first kappa shape index (κ1) is 63.7. The number of thiazole rings is 2. The quantitative estimate of drug-likeness (QED) is 0.0143. The molecule has 8 N–H and O–H groups in total. The zero-order valence-electron chi connectivity index (χ0n) is 44.1. The second kappa shape index (κ2) is 27.1. The number of aryl methyl sites for hydroxylation is 2. The van der Waals surface area contributed by atoms with Crippen molar-refractivity contribution < 1.29 is 86.5 Å². The second-order valence-electron chi connectivity index (χ2n) is 17.4. The summed E-state index contributed by atoms with van der Waals surface area (Å²) < 4.78 is 35.2. The van der Waals surface area contributed by atoms with Crippen LogP contribution >= 0.6 is 108 Å². The Balaban J connectivity index is 0.000000205. The van der Waals surface area contributed by atoms with Crippen LogP contribution in [0.4, 0.5) is 10.3 Å². The molecule has 32 nitrogen and oxygen atoms in total. The molecule has 2 saturated heterocycles. The van der Waals surface area contributed by atoms with Gasteiger partial charge in [0.1, 0.15) is 50.1 Å². The standard InChI is InChI=1S/2C22H21N8O8PS4/c2*1-3-38-26-13(16-25-21(43-28-16)27-39(35,36)37)17(31)24-14-18(32)30-15(20(33)34)12(9-40-19(14)30)42-22-23-11(8-41-22)10-4-6-29(2)7-5-10/h2*4-8,14,19H,3,9H2,1-2H3,(H4-,24,25,27,28,31,33,34,35,36,37)/b2*26-13-/t2*14-,19-/m11/s1. The molecule has 42 heteroatoms. The highest BCUT2D eigenvalue weighted by Gasteiger charge is 2.55. The van der Waals surface area contributed by atoms with Crippen LogP contribution in [0.15, 0.2) is 100 Å². The molecule has 0 spiro atoms. The van der Waals surface area contributed by atoms with Crippen molar-refractivity contribution in [3.63, 3.8) is 0 Å². The molecule has 6 aromatic rings. The van der Waals surface area contributed by atoms with Gasteiger partial charge in [-0.25, -0.2) is 28.2 Å². The molecule has 2 fully saturated rings. The summed E-state index contributed by atoms with van der Waals surface area (Å²) in [7, 11) is -5.56. The van der Waals surface area contributed by atoms with E-state index in [1.165, 1.54) is 46.2 Å². The molecule has 0 radical (unpaired) electrons. The number of fused-ring (bicyclic) bond motifs is 2. The summed E-state index contributed by atoms with van der Waals surface area (Å²) in [6.07, 6.45) is 7.56. The number of hydrogen-bond donors (Lipinski definition) is 8. The van der Waals surface area contributed by atoms with Crippen LogP contribution in [-0.2, 0) is 61.7 Å². The SMILES string of the molecule is CCO/N=C(\C(=O)N[C@@H]1C(=O)N2C(C(=O)[O-])=C(Sc3nc(-c4cc[n+](C)cc4)cs3)CS[C@H]12)c1nsc(NP(=O)(O)O)n1.CCO/N=C(\C(=O)N[C@@H]1C(=O)N2C(C(=O)[O-])=C(Sc3nc(-c4cc[n+](C)cc4)cs3)CS[C@H]12)c1nsc(NP(=O)(O)O)n1. The Morgan fingerprint density at radius 1 is 0.663 bits per heavy atom. The first-order valence-electron chi connectivity index (χ1n) is 24.2. The highest BCUT2D eigenvalue weighted by Crippen LogP contribution is 2.48. The largest absolute Gasteiger partial charge is 0.543 e. The summed E-state index contributed by atoms with van der Waals surface area (Å²) >= 11 is 8.62. The number of aromatic nitrogens is 8. The summed E-state index contributed by atoms with van der Waals surface area (Å²) in [5, 5.41) is 42.2. The first-order chi connectivity index (χ1) is 40.9. The number of aliphatic carboxylic acids is 2. The molecule has 4 aliphatic heterocycles.